The van der Waals surface area contributed by atoms with Gasteiger partial charge in [0.2, 0.25) is 10.0 Å². The Morgan fingerprint density at radius 2 is 1.89 bits per heavy atom. The van der Waals surface area contributed by atoms with Gasteiger partial charge in [-0.1, -0.05) is 13.8 Å². The van der Waals surface area contributed by atoms with Crippen molar-refractivity contribution < 1.29 is 8.42 Å². The molecule has 0 heterocycles. The summed E-state index contributed by atoms with van der Waals surface area (Å²) in [6, 6.07) is 0.475. The largest absolute Gasteiger partial charge is 0.315 e. The van der Waals surface area contributed by atoms with Crippen LogP contribution in [0.5, 0.6) is 0 Å². The normalized spacial score (nSPS) is 21.8. The predicted molar refractivity (Wildman–Crippen MR) is 78.6 cm³/mol. The summed E-state index contributed by atoms with van der Waals surface area (Å²) in [6.45, 7) is 5.79. The van der Waals surface area contributed by atoms with E-state index in [0.29, 0.717) is 18.0 Å². The van der Waals surface area contributed by atoms with Gasteiger partial charge in [0.25, 0.3) is 0 Å². The number of hydrogen-bond donors (Lipinski definition) is 2. The molecule has 112 valence electrons. The Morgan fingerprint density at radius 3 is 2.42 bits per heavy atom. The van der Waals surface area contributed by atoms with E-state index in [2.05, 4.69) is 23.9 Å². The maximum Gasteiger partial charge on any atom is 0.211 e. The number of unbranched alkanes of at least 4 members (excludes halogenated alkanes) is 1. The van der Waals surface area contributed by atoms with E-state index >= 15 is 0 Å². The summed E-state index contributed by atoms with van der Waals surface area (Å²) in [6.07, 6.45) is 6.72. The summed E-state index contributed by atoms with van der Waals surface area (Å²) in [5.74, 6) is 1.08. The average molecular weight is 288 g/mol. The SMILES string of the molecule is CC(C)NCCCCS(=O)(=O)NCC1(C2CC2)CC1. The quantitative estimate of drug-likeness (QED) is 0.603. The first kappa shape index (κ1) is 15.3. The van der Waals surface area contributed by atoms with Crippen LogP contribution in [0.1, 0.15) is 52.4 Å². The molecule has 2 aliphatic rings. The van der Waals surface area contributed by atoms with Gasteiger partial charge in [-0.25, -0.2) is 13.1 Å². The Labute approximate surface area is 117 Å². The Hall–Kier alpha value is -0.130. The van der Waals surface area contributed by atoms with Gasteiger partial charge in [-0.15, -0.1) is 0 Å². The van der Waals surface area contributed by atoms with E-state index in [1.807, 2.05) is 0 Å². The van der Waals surface area contributed by atoms with Gasteiger partial charge in [0.1, 0.15) is 0 Å². The zero-order valence-corrected chi connectivity index (χ0v) is 13.1. The van der Waals surface area contributed by atoms with E-state index in [1.54, 1.807) is 0 Å². The molecular weight excluding hydrogens is 260 g/mol. The summed E-state index contributed by atoms with van der Waals surface area (Å²) in [4.78, 5) is 0. The lowest BCUT2D eigenvalue weighted by molar-refractivity contribution is 0.431. The van der Waals surface area contributed by atoms with Crippen LogP contribution < -0.4 is 10.0 Å². The fraction of sp³-hybridized carbons (Fsp3) is 1.00. The van der Waals surface area contributed by atoms with Crippen LogP contribution in [0.3, 0.4) is 0 Å². The third kappa shape index (κ3) is 5.04. The Kier molecular flexibility index (Phi) is 4.90. The molecule has 2 N–H and O–H groups in total. The van der Waals surface area contributed by atoms with E-state index in [4.69, 9.17) is 0 Å². The molecule has 0 unspecified atom stereocenters. The van der Waals surface area contributed by atoms with Crippen molar-refractivity contribution in [1.82, 2.24) is 10.0 Å². The molecular formula is C14H28N2O2S. The van der Waals surface area contributed by atoms with Gasteiger partial charge in [-0.05, 0) is 56.4 Å². The van der Waals surface area contributed by atoms with Gasteiger partial charge in [-0.2, -0.15) is 0 Å². The van der Waals surface area contributed by atoms with Crippen molar-refractivity contribution in [3.8, 4) is 0 Å². The van der Waals surface area contributed by atoms with E-state index in [-0.39, 0.29) is 5.75 Å². The lowest BCUT2D eigenvalue weighted by atomic mass is 10.0. The minimum absolute atomic E-state index is 0.271. The van der Waals surface area contributed by atoms with Gasteiger partial charge < -0.3 is 5.32 Å². The standard InChI is InChI=1S/C14H28N2O2S/c1-12(2)15-9-3-4-10-19(17,18)16-11-14(7-8-14)13-5-6-13/h12-13,15-16H,3-11H2,1-2H3. The fourth-order valence-corrected chi connectivity index (χ4v) is 3.96. The maximum atomic E-state index is 11.9. The molecule has 0 radical (unpaired) electrons. The lowest BCUT2D eigenvalue weighted by Gasteiger charge is -2.15. The summed E-state index contributed by atoms with van der Waals surface area (Å²) < 4.78 is 26.7. The van der Waals surface area contributed by atoms with Gasteiger partial charge in [0.05, 0.1) is 5.75 Å². The molecule has 0 aliphatic heterocycles. The monoisotopic (exact) mass is 288 g/mol. The molecule has 2 fully saturated rings. The van der Waals surface area contributed by atoms with Crippen molar-refractivity contribution in [2.75, 3.05) is 18.8 Å². The number of nitrogens with one attached hydrogen (secondary N) is 2. The Morgan fingerprint density at radius 1 is 1.21 bits per heavy atom. The second kappa shape index (κ2) is 6.10. The summed E-state index contributed by atoms with van der Waals surface area (Å²) in [5.41, 5.74) is 0.353. The van der Waals surface area contributed by atoms with E-state index in [9.17, 15) is 8.42 Å². The molecule has 0 saturated heterocycles. The average Bonchev–Trinajstić information content (AvgIpc) is 3.17. The lowest BCUT2D eigenvalue weighted by Crippen LogP contribution is -2.33. The highest BCUT2D eigenvalue weighted by molar-refractivity contribution is 7.89. The second-order valence-electron chi connectivity index (χ2n) is 6.59. The van der Waals surface area contributed by atoms with Gasteiger partial charge >= 0.3 is 0 Å². The maximum absolute atomic E-state index is 11.9. The van der Waals surface area contributed by atoms with Gasteiger partial charge in [0, 0.05) is 12.6 Å². The van der Waals surface area contributed by atoms with Crippen LogP contribution in [-0.4, -0.2) is 33.3 Å². The van der Waals surface area contributed by atoms with E-state index < -0.39 is 10.0 Å². The molecule has 0 amide bonds. The van der Waals surface area contributed by atoms with Crippen LogP contribution in [0.15, 0.2) is 0 Å². The van der Waals surface area contributed by atoms with Crippen LogP contribution in [0.25, 0.3) is 0 Å². The van der Waals surface area contributed by atoms with Crippen molar-refractivity contribution in [3.05, 3.63) is 0 Å². The number of rotatable bonds is 10. The van der Waals surface area contributed by atoms with Crippen LogP contribution in [0.4, 0.5) is 0 Å². The van der Waals surface area contributed by atoms with Crippen molar-refractivity contribution >= 4 is 10.0 Å². The first-order valence-corrected chi connectivity index (χ1v) is 9.29. The molecule has 2 aliphatic carbocycles. The van der Waals surface area contributed by atoms with Crippen LogP contribution in [0.2, 0.25) is 0 Å². The molecule has 5 heteroatoms. The van der Waals surface area contributed by atoms with Gasteiger partial charge in [-0.3, -0.25) is 0 Å². The smallest absolute Gasteiger partial charge is 0.211 e. The first-order valence-electron chi connectivity index (χ1n) is 7.64. The van der Waals surface area contributed by atoms with Crippen molar-refractivity contribution in [2.45, 2.75) is 58.4 Å². The van der Waals surface area contributed by atoms with Crippen LogP contribution in [0, 0.1) is 11.3 Å². The highest BCUT2D eigenvalue weighted by atomic mass is 32.2. The minimum Gasteiger partial charge on any atom is -0.315 e. The van der Waals surface area contributed by atoms with E-state index in [1.165, 1.54) is 25.7 Å². The van der Waals surface area contributed by atoms with Crippen LogP contribution in [-0.2, 0) is 10.0 Å². The number of hydrogen-bond acceptors (Lipinski definition) is 3. The van der Waals surface area contributed by atoms with E-state index in [0.717, 1.165) is 25.3 Å². The Balaban J connectivity index is 1.59. The predicted octanol–water partition coefficient (Wildman–Crippen LogP) is 1.87. The molecule has 2 saturated carbocycles. The number of sulfonamides is 1. The zero-order valence-electron chi connectivity index (χ0n) is 12.2. The summed E-state index contributed by atoms with van der Waals surface area (Å²) >= 11 is 0. The first-order chi connectivity index (χ1) is 8.94. The highest BCUT2D eigenvalue weighted by Gasteiger charge is 2.53. The molecule has 0 atom stereocenters. The third-order valence-electron chi connectivity index (χ3n) is 4.37. The second-order valence-corrected chi connectivity index (χ2v) is 8.52. The van der Waals surface area contributed by atoms with Crippen LogP contribution >= 0.6 is 0 Å². The molecule has 0 spiro atoms. The highest BCUT2D eigenvalue weighted by Crippen LogP contribution is 2.60. The fourth-order valence-electron chi connectivity index (χ4n) is 2.72. The minimum atomic E-state index is -3.06. The van der Waals surface area contributed by atoms with Gasteiger partial charge in [0.15, 0.2) is 0 Å². The Bertz CT molecular complexity index is 384. The topological polar surface area (TPSA) is 58.2 Å². The molecule has 0 aromatic carbocycles. The molecule has 0 aromatic heterocycles. The summed E-state index contributed by atoms with van der Waals surface area (Å²) in [5, 5.41) is 3.31. The third-order valence-corrected chi connectivity index (χ3v) is 5.78. The molecule has 19 heavy (non-hydrogen) atoms. The van der Waals surface area contributed by atoms with Crippen molar-refractivity contribution in [3.63, 3.8) is 0 Å². The molecule has 0 bridgehead atoms. The van der Waals surface area contributed by atoms with Crippen molar-refractivity contribution in [1.29, 1.82) is 0 Å². The molecule has 4 nitrogen and oxygen atoms in total. The van der Waals surface area contributed by atoms with Crippen molar-refractivity contribution in [2.24, 2.45) is 11.3 Å². The summed E-state index contributed by atoms with van der Waals surface area (Å²) in [7, 11) is -3.06. The molecule has 2 rings (SSSR count). The zero-order chi connectivity index (χ0) is 13.9. The molecule has 0 aromatic rings.